The third-order valence-electron chi connectivity index (χ3n) is 5.58. The molecule has 0 N–H and O–H groups in total. The summed E-state index contributed by atoms with van der Waals surface area (Å²) >= 11 is 1.34. The van der Waals surface area contributed by atoms with Gasteiger partial charge >= 0.3 is 0 Å². The number of hydrogen-bond acceptors (Lipinski definition) is 6. The molecule has 134 valence electrons. The summed E-state index contributed by atoms with van der Waals surface area (Å²) in [6, 6.07) is -0.359. The van der Waals surface area contributed by atoms with Crippen molar-refractivity contribution in [2.45, 2.75) is 44.1 Å². The van der Waals surface area contributed by atoms with Gasteiger partial charge in [0, 0.05) is 32.1 Å². The maximum Gasteiger partial charge on any atom is 0.248 e. The zero-order valence-corrected chi connectivity index (χ0v) is 15.0. The molecule has 0 bridgehead atoms. The molecule has 4 rings (SSSR count). The second kappa shape index (κ2) is 6.89. The molecule has 1 saturated carbocycles. The van der Waals surface area contributed by atoms with Crippen molar-refractivity contribution in [1.29, 1.82) is 5.26 Å². The summed E-state index contributed by atoms with van der Waals surface area (Å²) in [7, 11) is 0. The molecule has 1 unspecified atom stereocenters. The molecular formula is C17H22FN5OS. The summed E-state index contributed by atoms with van der Waals surface area (Å²) in [5.41, 5.74) is 0. The lowest BCUT2D eigenvalue weighted by atomic mass is 9.90. The predicted octanol–water partition coefficient (Wildman–Crippen LogP) is 2.14. The van der Waals surface area contributed by atoms with Crippen molar-refractivity contribution in [2.75, 3.05) is 37.6 Å². The molecule has 8 heteroatoms. The van der Waals surface area contributed by atoms with Crippen LogP contribution in [0.5, 0.6) is 0 Å². The number of carbonyl (C=O) groups is 1. The molecule has 1 aromatic rings. The lowest BCUT2D eigenvalue weighted by Crippen LogP contribution is -2.64. The van der Waals surface area contributed by atoms with E-state index in [1.807, 2.05) is 0 Å². The third-order valence-corrected chi connectivity index (χ3v) is 6.80. The number of anilines is 1. The van der Waals surface area contributed by atoms with Crippen LogP contribution in [0.25, 0.3) is 0 Å². The Hall–Kier alpha value is -1.72. The zero-order chi connectivity index (χ0) is 17.4. The molecule has 1 aliphatic carbocycles. The van der Waals surface area contributed by atoms with Crippen molar-refractivity contribution in [2.24, 2.45) is 0 Å². The lowest BCUT2D eigenvalue weighted by molar-refractivity contribution is -0.127. The minimum Gasteiger partial charge on any atom is -0.307 e. The van der Waals surface area contributed by atoms with Gasteiger partial charge in [-0.2, -0.15) is 9.65 Å². The van der Waals surface area contributed by atoms with Gasteiger partial charge in [-0.25, -0.2) is 4.98 Å². The van der Waals surface area contributed by atoms with Gasteiger partial charge in [-0.3, -0.25) is 14.6 Å². The quantitative estimate of drug-likeness (QED) is 0.754. The first-order valence-corrected chi connectivity index (χ1v) is 9.85. The SMILES string of the molecule is N#CN1CCN2CCN(c3sc(C4CCCCC4)nc3F)C(=O)C2C1. The van der Waals surface area contributed by atoms with E-state index in [2.05, 4.69) is 16.1 Å². The Bertz CT molecular complexity index is 696. The van der Waals surface area contributed by atoms with Crippen molar-refractivity contribution < 1.29 is 9.18 Å². The number of carbonyl (C=O) groups excluding carboxylic acids is 1. The van der Waals surface area contributed by atoms with E-state index in [1.54, 1.807) is 9.80 Å². The molecule has 1 atom stereocenters. The number of thiazole rings is 1. The zero-order valence-electron chi connectivity index (χ0n) is 14.2. The number of nitriles is 1. The molecule has 6 nitrogen and oxygen atoms in total. The summed E-state index contributed by atoms with van der Waals surface area (Å²) in [6.07, 6.45) is 7.84. The Morgan fingerprint density at radius 3 is 2.68 bits per heavy atom. The molecule has 3 aliphatic rings. The summed E-state index contributed by atoms with van der Waals surface area (Å²) < 4.78 is 14.5. The number of aromatic nitrogens is 1. The summed E-state index contributed by atoms with van der Waals surface area (Å²) in [4.78, 5) is 22.4. The molecule has 2 saturated heterocycles. The normalized spacial score (nSPS) is 25.8. The second-order valence-electron chi connectivity index (χ2n) is 7.07. The molecule has 0 aromatic carbocycles. The van der Waals surface area contributed by atoms with E-state index in [9.17, 15) is 9.18 Å². The van der Waals surface area contributed by atoms with Gasteiger partial charge in [0.2, 0.25) is 11.9 Å². The first-order valence-electron chi connectivity index (χ1n) is 9.03. The van der Waals surface area contributed by atoms with Crippen LogP contribution in [0.3, 0.4) is 0 Å². The highest BCUT2D eigenvalue weighted by atomic mass is 32.1. The second-order valence-corrected chi connectivity index (χ2v) is 8.08. The number of piperazine rings is 2. The number of halogens is 1. The number of fused-ring (bicyclic) bond motifs is 1. The maximum atomic E-state index is 14.5. The Morgan fingerprint density at radius 1 is 1.16 bits per heavy atom. The van der Waals surface area contributed by atoms with E-state index in [4.69, 9.17) is 5.26 Å². The third kappa shape index (κ3) is 3.11. The molecule has 25 heavy (non-hydrogen) atoms. The van der Waals surface area contributed by atoms with E-state index in [-0.39, 0.29) is 11.9 Å². The van der Waals surface area contributed by atoms with E-state index in [0.29, 0.717) is 43.6 Å². The largest absolute Gasteiger partial charge is 0.307 e. The van der Waals surface area contributed by atoms with Gasteiger partial charge in [0.1, 0.15) is 11.0 Å². The van der Waals surface area contributed by atoms with Crippen LogP contribution < -0.4 is 4.90 Å². The van der Waals surface area contributed by atoms with E-state index >= 15 is 0 Å². The summed E-state index contributed by atoms with van der Waals surface area (Å²) in [5.74, 6) is -0.286. The van der Waals surface area contributed by atoms with Gasteiger partial charge in [-0.05, 0) is 12.8 Å². The number of amides is 1. The Morgan fingerprint density at radius 2 is 1.92 bits per heavy atom. The van der Waals surface area contributed by atoms with E-state index in [0.717, 1.165) is 17.8 Å². The molecule has 3 fully saturated rings. The van der Waals surface area contributed by atoms with Gasteiger partial charge in [-0.1, -0.05) is 30.6 Å². The van der Waals surface area contributed by atoms with Crippen LogP contribution in [0.4, 0.5) is 9.39 Å². The highest BCUT2D eigenvalue weighted by molar-refractivity contribution is 7.16. The van der Waals surface area contributed by atoms with Gasteiger partial charge in [0.05, 0.1) is 6.54 Å². The van der Waals surface area contributed by atoms with Crippen molar-refractivity contribution in [3.8, 4) is 6.19 Å². The lowest BCUT2D eigenvalue weighted by Gasteiger charge is -2.44. The first-order chi connectivity index (χ1) is 12.2. The van der Waals surface area contributed by atoms with Crippen LogP contribution in [0, 0.1) is 17.4 Å². The van der Waals surface area contributed by atoms with Gasteiger partial charge in [-0.15, -0.1) is 0 Å². The predicted molar refractivity (Wildman–Crippen MR) is 92.8 cm³/mol. The number of hydrogen-bond donors (Lipinski definition) is 0. The Balaban J connectivity index is 1.54. The van der Waals surface area contributed by atoms with Crippen molar-refractivity contribution in [3.05, 3.63) is 11.0 Å². The summed E-state index contributed by atoms with van der Waals surface area (Å²) in [6.45, 7) is 2.95. The smallest absolute Gasteiger partial charge is 0.248 e. The van der Waals surface area contributed by atoms with Gasteiger partial charge < -0.3 is 4.90 Å². The van der Waals surface area contributed by atoms with Crippen LogP contribution in [0.1, 0.15) is 43.0 Å². The minimum atomic E-state index is -0.514. The molecule has 0 radical (unpaired) electrons. The molecular weight excluding hydrogens is 341 g/mol. The molecule has 1 aromatic heterocycles. The molecule has 3 heterocycles. The number of nitrogens with zero attached hydrogens (tertiary/aromatic N) is 5. The fourth-order valence-electron chi connectivity index (χ4n) is 4.13. The van der Waals surface area contributed by atoms with Crippen LogP contribution >= 0.6 is 11.3 Å². The Kier molecular flexibility index (Phi) is 4.61. The average Bonchev–Trinajstić information content (AvgIpc) is 3.04. The average molecular weight is 363 g/mol. The Labute approximate surface area is 150 Å². The van der Waals surface area contributed by atoms with Crippen LogP contribution in [-0.2, 0) is 4.79 Å². The van der Waals surface area contributed by atoms with Crippen molar-refractivity contribution in [3.63, 3.8) is 0 Å². The standard InChI is InChI=1S/C17H22FN5OS/c18-14-17(25-15(20-14)12-4-2-1-3-5-12)23-9-8-22-7-6-21(11-19)10-13(22)16(23)24/h12-13H,1-10H2. The highest BCUT2D eigenvalue weighted by Crippen LogP contribution is 2.39. The number of rotatable bonds is 2. The highest BCUT2D eigenvalue weighted by Gasteiger charge is 2.40. The van der Waals surface area contributed by atoms with Crippen molar-refractivity contribution >= 4 is 22.2 Å². The topological polar surface area (TPSA) is 63.5 Å². The fourth-order valence-corrected chi connectivity index (χ4v) is 5.28. The van der Waals surface area contributed by atoms with E-state index in [1.165, 1.54) is 30.6 Å². The van der Waals surface area contributed by atoms with Crippen LogP contribution in [0.15, 0.2) is 0 Å². The van der Waals surface area contributed by atoms with Gasteiger partial charge in [0.15, 0.2) is 11.2 Å². The van der Waals surface area contributed by atoms with Crippen LogP contribution in [0.2, 0.25) is 0 Å². The van der Waals surface area contributed by atoms with E-state index < -0.39 is 5.95 Å². The fraction of sp³-hybridized carbons (Fsp3) is 0.706. The summed E-state index contributed by atoms with van der Waals surface area (Å²) in [5, 5.41) is 10.3. The molecule has 1 amide bonds. The minimum absolute atomic E-state index is 0.107. The monoisotopic (exact) mass is 363 g/mol. The first kappa shape index (κ1) is 16.7. The van der Waals surface area contributed by atoms with Crippen molar-refractivity contribution in [1.82, 2.24) is 14.8 Å². The van der Waals surface area contributed by atoms with Crippen LogP contribution in [-0.4, -0.2) is 59.5 Å². The molecule has 0 spiro atoms. The molecule has 2 aliphatic heterocycles. The maximum absolute atomic E-state index is 14.5. The van der Waals surface area contributed by atoms with Gasteiger partial charge in [0.25, 0.3) is 0 Å².